The highest BCUT2D eigenvalue weighted by molar-refractivity contribution is 6.74. The maximum Gasteiger partial charge on any atom is 0.220 e. The Morgan fingerprint density at radius 1 is 0.491 bits per heavy atom. The average Bonchev–Trinajstić information content (AvgIpc) is 3.11. The Hall–Kier alpha value is -3.83. The predicted octanol–water partition coefficient (Wildman–Crippen LogP) is 11.4. The van der Waals surface area contributed by atoms with E-state index >= 15 is 0 Å². The largest absolute Gasteiger partial charge is 0.407 e. The molecule has 2 N–H and O–H groups in total. The van der Waals surface area contributed by atoms with Gasteiger partial charge in [-0.1, -0.05) is 163 Å². The highest BCUT2D eigenvalue weighted by atomic mass is 28.4. The Morgan fingerprint density at radius 3 is 1.02 bits per heavy atom. The molecule has 8 heteroatoms. The zero-order valence-electron chi connectivity index (χ0n) is 33.6. The van der Waals surface area contributed by atoms with Crippen LogP contribution in [-0.4, -0.2) is 28.4 Å². The van der Waals surface area contributed by atoms with Gasteiger partial charge < -0.3 is 19.5 Å². The first-order valence-electron chi connectivity index (χ1n) is 19.0. The summed E-state index contributed by atoms with van der Waals surface area (Å²) in [4.78, 5) is 27.6. The molecule has 2 amide bonds. The maximum absolute atomic E-state index is 13.8. The van der Waals surface area contributed by atoms with Crippen LogP contribution >= 0.6 is 0 Å². The monoisotopic (exact) mass is 750 g/mol. The molecule has 4 atom stereocenters. The number of amides is 2. The summed E-state index contributed by atoms with van der Waals surface area (Å²) in [6.07, 6.45) is 0.0515. The molecule has 0 saturated carbocycles. The third-order valence-corrected chi connectivity index (χ3v) is 20.0. The van der Waals surface area contributed by atoms with Crippen LogP contribution in [-0.2, 0) is 18.4 Å². The van der Waals surface area contributed by atoms with Gasteiger partial charge in [-0.15, -0.1) is 0 Å². The first kappa shape index (κ1) is 41.9. The van der Waals surface area contributed by atoms with Crippen LogP contribution in [0.25, 0.3) is 0 Å². The number of carbonyl (C=O) groups excluding carboxylic acids is 2. The second-order valence-electron chi connectivity index (χ2n) is 17.2. The van der Waals surface area contributed by atoms with Crippen molar-refractivity contribution in [1.29, 1.82) is 0 Å². The van der Waals surface area contributed by atoms with Gasteiger partial charge in [-0.25, -0.2) is 0 Å². The summed E-state index contributed by atoms with van der Waals surface area (Å²) in [5.74, 6) is -0.233. The molecular weight excluding hydrogens is 689 g/mol. The third kappa shape index (κ3) is 11.6. The molecule has 0 spiro atoms. The van der Waals surface area contributed by atoms with E-state index in [0.717, 1.165) is 22.3 Å². The molecule has 53 heavy (non-hydrogen) atoms. The lowest BCUT2D eigenvalue weighted by Crippen LogP contribution is -2.45. The second-order valence-corrected chi connectivity index (χ2v) is 26.7. The molecule has 0 bridgehead atoms. The molecule has 0 radical (unpaired) electrons. The molecule has 0 aliphatic heterocycles. The van der Waals surface area contributed by atoms with Gasteiger partial charge in [0.25, 0.3) is 0 Å². The van der Waals surface area contributed by atoms with E-state index in [4.69, 9.17) is 8.85 Å². The standard InChI is InChI=1S/C45H62N2O4Si2/c1-44(2,3)52(7,8)50-42(36-28-19-13-20-29-36)40(34-24-15-11-16-25-34)46-38(48)32-23-33-39(49)47-41(35-26-17-12-18-27-35)43(37-30-21-14-22-31-37)51-53(9,10)45(4,5)6/h11-22,24-31,40-43H,23,32-33H2,1-10H3,(H,46,48)(H,47,49)/t40-,41-,42+,43+/m0/s1. The normalized spacial score (nSPS) is 14.8. The number of benzene rings is 4. The van der Waals surface area contributed by atoms with Gasteiger partial charge in [-0.2, -0.15) is 0 Å². The number of hydrogen-bond donors (Lipinski definition) is 2. The molecule has 4 aromatic rings. The van der Waals surface area contributed by atoms with Crippen LogP contribution in [0.2, 0.25) is 36.3 Å². The summed E-state index contributed by atoms with van der Waals surface area (Å²) in [6.45, 7) is 22.3. The summed E-state index contributed by atoms with van der Waals surface area (Å²) in [5.41, 5.74) is 3.99. The minimum Gasteiger partial charge on any atom is -0.407 e. The molecule has 4 aromatic carbocycles. The van der Waals surface area contributed by atoms with E-state index in [2.05, 4.69) is 103 Å². The zero-order valence-corrected chi connectivity index (χ0v) is 35.6. The van der Waals surface area contributed by atoms with Crippen molar-refractivity contribution >= 4 is 28.4 Å². The minimum absolute atomic E-state index is 0.0223. The smallest absolute Gasteiger partial charge is 0.220 e. The molecule has 0 aliphatic carbocycles. The summed E-state index contributed by atoms with van der Waals surface area (Å²) < 4.78 is 14.2. The quantitative estimate of drug-likeness (QED) is 0.112. The Morgan fingerprint density at radius 2 is 0.755 bits per heavy atom. The molecule has 0 fully saturated rings. The molecule has 6 nitrogen and oxygen atoms in total. The van der Waals surface area contributed by atoms with Crippen LogP contribution in [0.15, 0.2) is 121 Å². The highest BCUT2D eigenvalue weighted by Gasteiger charge is 2.43. The predicted molar refractivity (Wildman–Crippen MR) is 223 cm³/mol. The molecular formula is C45H62N2O4Si2. The van der Waals surface area contributed by atoms with Crippen LogP contribution in [0, 0.1) is 0 Å². The summed E-state index contributed by atoms with van der Waals surface area (Å²) >= 11 is 0. The highest BCUT2D eigenvalue weighted by Crippen LogP contribution is 2.45. The van der Waals surface area contributed by atoms with Crippen LogP contribution < -0.4 is 10.6 Å². The van der Waals surface area contributed by atoms with Crippen molar-refractivity contribution in [3.05, 3.63) is 144 Å². The van der Waals surface area contributed by atoms with Crippen molar-refractivity contribution in [3.8, 4) is 0 Å². The van der Waals surface area contributed by atoms with Crippen molar-refractivity contribution in [1.82, 2.24) is 10.6 Å². The summed E-state index contributed by atoms with van der Waals surface area (Å²) in [6, 6.07) is 39.7. The van der Waals surface area contributed by atoms with E-state index in [1.165, 1.54) is 0 Å². The molecule has 0 aromatic heterocycles. The average molecular weight is 751 g/mol. The Bertz CT molecular complexity index is 1590. The molecule has 284 valence electrons. The maximum atomic E-state index is 13.8. The van der Waals surface area contributed by atoms with E-state index in [0.29, 0.717) is 6.42 Å². The van der Waals surface area contributed by atoms with Gasteiger partial charge in [0.2, 0.25) is 11.8 Å². The van der Waals surface area contributed by atoms with Crippen molar-refractivity contribution in [2.45, 2.75) is 121 Å². The third-order valence-electron chi connectivity index (χ3n) is 11.1. The van der Waals surface area contributed by atoms with E-state index < -0.39 is 28.7 Å². The molecule has 4 rings (SSSR count). The van der Waals surface area contributed by atoms with Gasteiger partial charge in [-0.05, 0) is 64.9 Å². The van der Waals surface area contributed by atoms with Gasteiger partial charge >= 0.3 is 0 Å². The summed E-state index contributed by atoms with van der Waals surface area (Å²) in [5, 5.41) is 6.63. The van der Waals surface area contributed by atoms with Crippen molar-refractivity contribution < 1.29 is 18.4 Å². The van der Waals surface area contributed by atoms with Crippen LogP contribution in [0.4, 0.5) is 0 Å². The minimum atomic E-state index is -2.25. The fourth-order valence-electron chi connectivity index (χ4n) is 5.82. The lowest BCUT2D eigenvalue weighted by molar-refractivity contribution is -0.124. The topological polar surface area (TPSA) is 76.7 Å². The Kier molecular flexibility index (Phi) is 14.2. The first-order valence-corrected chi connectivity index (χ1v) is 24.9. The number of nitrogens with one attached hydrogen (secondary N) is 2. The SMILES string of the molecule is CC(C)(C)[Si](C)(C)O[C@H](c1ccccc1)[C@@H](NC(=O)CCCC(=O)N[C@@H](c1ccccc1)[C@H](O[Si](C)(C)C(C)(C)C)c1ccccc1)c1ccccc1. The Balaban J connectivity index is 1.53. The van der Waals surface area contributed by atoms with E-state index in [1.54, 1.807) is 0 Å². The molecule has 0 unspecified atom stereocenters. The lowest BCUT2D eigenvalue weighted by atomic mass is 9.95. The van der Waals surface area contributed by atoms with Crippen LogP contribution in [0.1, 0.15) is 107 Å². The summed E-state index contributed by atoms with van der Waals surface area (Å²) in [7, 11) is -4.51. The fraction of sp³-hybridized carbons (Fsp3) is 0.422. The second kappa shape index (κ2) is 18.0. The van der Waals surface area contributed by atoms with Crippen LogP contribution in [0.3, 0.4) is 0 Å². The molecule has 0 heterocycles. The first-order chi connectivity index (χ1) is 24.9. The zero-order chi connectivity index (χ0) is 38.9. The van der Waals surface area contributed by atoms with Crippen LogP contribution in [0.5, 0.6) is 0 Å². The van der Waals surface area contributed by atoms with Gasteiger partial charge in [0.05, 0.1) is 24.3 Å². The van der Waals surface area contributed by atoms with Gasteiger partial charge in [-0.3, -0.25) is 9.59 Å². The van der Waals surface area contributed by atoms with E-state index in [1.807, 2.05) is 97.1 Å². The molecule has 0 aliphatic rings. The van der Waals surface area contributed by atoms with Crippen molar-refractivity contribution in [2.75, 3.05) is 0 Å². The van der Waals surface area contributed by atoms with Gasteiger partial charge in [0.1, 0.15) is 0 Å². The van der Waals surface area contributed by atoms with Gasteiger partial charge in [0.15, 0.2) is 16.6 Å². The number of carbonyl (C=O) groups is 2. The number of rotatable bonds is 16. The number of hydrogen-bond acceptors (Lipinski definition) is 4. The van der Waals surface area contributed by atoms with Crippen molar-refractivity contribution in [3.63, 3.8) is 0 Å². The van der Waals surface area contributed by atoms with Crippen molar-refractivity contribution in [2.24, 2.45) is 0 Å². The van der Waals surface area contributed by atoms with E-state index in [-0.39, 0.29) is 46.9 Å². The van der Waals surface area contributed by atoms with Gasteiger partial charge in [0, 0.05) is 12.8 Å². The lowest BCUT2D eigenvalue weighted by Gasteiger charge is -2.42. The van der Waals surface area contributed by atoms with E-state index in [9.17, 15) is 9.59 Å². The fourth-order valence-corrected chi connectivity index (χ4v) is 8.34. The Labute approximate surface area is 321 Å². The molecule has 0 saturated heterocycles.